The third-order valence-electron chi connectivity index (χ3n) is 5.37. The summed E-state index contributed by atoms with van der Waals surface area (Å²) in [5.41, 5.74) is 3.33. The van der Waals surface area contributed by atoms with Gasteiger partial charge < -0.3 is 9.47 Å². The van der Waals surface area contributed by atoms with Crippen molar-refractivity contribution in [1.82, 2.24) is 9.61 Å². The third-order valence-corrected chi connectivity index (χ3v) is 5.37. The summed E-state index contributed by atoms with van der Waals surface area (Å²) in [5, 5.41) is 4.78. The number of allylic oxidation sites excluding steroid dienone is 1. The number of aromatic nitrogens is 2. The summed E-state index contributed by atoms with van der Waals surface area (Å²) >= 11 is 0. The number of fused-ring (bicyclic) bond motifs is 1. The minimum absolute atomic E-state index is 0.0764. The van der Waals surface area contributed by atoms with Crippen LogP contribution < -0.4 is 0 Å². The number of pyridine rings is 1. The fraction of sp³-hybridized carbons (Fsp3) is 0.500. The monoisotopic (exact) mass is 425 g/mol. The van der Waals surface area contributed by atoms with Crippen LogP contribution in [0.25, 0.3) is 5.52 Å². The summed E-state index contributed by atoms with van der Waals surface area (Å²) in [6.45, 7) is 13.1. The van der Waals surface area contributed by atoms with Gasteiger partial charge in [-0.15, -0.1) is 0 Å². The molecule has 0 radical (unpaired) electrons. The van der Waals surface area contributed by atoms with Crippen molar-refractivity contribution in [2.24, 2.45) is 10.9 Å². The SMILES string of the molecule is COC(=O)C1C(C)=NC(C)=C(C(=O)OC(C)(C)C)C1c1c(C(C)C)nn2ccccc12. The molecule has 166 valence electrons. The standard InChI is InChI=1S/C24H31N3O4/c1-13(2)21-19(16-11-9-10-12-27(16)26-21)20-17(22(28)30-8)14(3)25-15(4)18(20)23(29)31-24(5,6)7/h9-13,17,20H,1-8H3. The minimum Gasteiger partial charge on any atom is -0.468 e. The normalized spacial score (nSPS) is 19.6. The summed E-state index contributed by atoms with van der Waals surface area (Å²) in [5.74, 6) is -2.21. The molecule has 0 saturated heterocycles. The Morgan fingerprint density at radius 2 is 1.84 bits per heavy atom. The van der Waals surface area contributed by atoms with E-state index in [1.54, 1.807) is 18.4 Å². The molecule has 0 fully saturated rings. The molecule has 2 unspecified atom stereocenters. The van der Waals surface area contributed by atoms with Gasteiger partial charge in [-0.2, -0.15) is 5.10 Å². The topological polar surface area (TPSA) is 82.3 Å². The largest absolute Gasteiger partial charge is 0.468 e. The molecule has 0 N–H and O–H groups in total. The molecule has 3 heterocycles. The number of carbonyl (C=O) groups excluding carboxylic acids is 2. The maximum absolute atomic E-state index is 13.4. The second-order valence-electron chi connectivity index (χ2n) is 9.22. The Hall–Kier alpha value is -2.96. The number of esters is 2. The number of carbonyl (C=O) groups is 2. The van der Waals surface area contributed by atoms with Crippen molar-refractivity contribution >= 4 is 23.2 Å². The number of rotatable bonds is 4. The van der Waals surface area contributed by atoms with E-state index in [-0.39, 0.29) is 5.92 Å². The van der Waals surface area contributed by atoms with E-state index in [2.05, 4.69) is 4.99 Å². The first-order chi connectivity index (χ1) is 14.5. The lowest BCUT2D eigenvalue weighted by Gasteiger charge is -2.33. The quantitative estimate of drug-likeness (QED) is 0.677. The average molecular weight is 426 g/mol. The van der Waals surface area contributed by atoms with Crippen LogP contribution in [-0.4, -0.2) is 40.0 Å². The molecule has 0 saturated carbocycles. The molecule has 31 heavy (non-hydrogen) atoms. The summed E-state index contributed by atoms with van der Waals surface area (Å²) in [4.78, 5) is 30.9. The zero-order valence-electron chi connectivity index (χ0n) is 19.5. The van der Waals surface area contributed by atoms with Crippen LogP contribution in [-0.2, 0) is 19.1 Å². The highest BCUT2D eigenvalue weighted by atomic mass is 16.6. The predicted octanol–water partition coefficient (Wildman–Crippen LogP) is 4.42. The first-order valence-corrected chi connectivity index (χ1v) is 10.5. The lowest BCUT2D eigenvalue weighted by atomic mass is 9.74. The Balaban J connectivity index is 2.35. The Morgan fingerprint density at radius 3 is 2.42 bits per heavy atom. The number of aliphatic imine (C=N–C) groups is 1. The van der Waals surface area contributed by atoms with E-state index in [4.69, 9.17) is 14.6 Å². The lowest BCUT2D eigenvalue weighted by Crippen LogP contribution is -2.38. The number of hydrogen-bond acceptors (Lipinski definition) is 6. The van der Waals surface area contributed by atoms with Gasteiger partial charge in [0.05, 0.1) is 23.9 Å². The van der Waals surface area contributed by atoms with Crippen molar-refractivity contribution in [3.8, 4) is 0 Å². The molecule has 2 aromatic heterocycles. The van der Waals surface area contributed by atoms with Gasteiger partial charge in [0.15, 0.2) is 0 Å². The van der Waals surface area contributed by atoms with Gasteiger partial charge in [0.2, 0.25) is 0 Å². The summed E-state index contributed by atoms with van der Waals surface area (Å²) < 4.78 is 12.7. The molecule has 0 aliphatic carbocycles. The van der Waals surface area contributed by atoms with Gasteiger partial charge in [-0.1, -0.05) is 19.9 Å². The first-order valence-electron chi connectivity index (χ1n) is 10.5. The van der Waals surface area contributed by atoms with Gasteiger partial charge in [-0.25, -0.2) is 9.31 Å². The molecule has 2 atom stereocenters. The molecule has 0 bridgehead atoms. The number of nitrogens with zero attached hydrogens (tertiary/aromatic N) is 3. The first kappa shape index (κ1) is 22.7. The molecule has 7 nitrogen and oxygen atoms in total. The van der Waals surface area contributed by atoms with Gasteiger partial charge >= 0.3 is 11.9 Å². The van der Waals surface area contributed by atoms with E-state index in [0.29, 0.717) is 17.0 Å². The highest BCUT2D eigenvalue weighted by Gasteiger charge is 2.45. The smallest absolute Gasteiger partial charge is 0.337 e. The Kier molecular flexibility index (Phi) is 6.07. The molecule has 0 aromatic carbocycles. The van der Waals surface area contributed by atoms with Crippen LogP contribution in [0.5, 0.6) is 0 Å². The minimum atomic E-state index is -0.748. The van der Waals surface area contributed by atoms with Crippen LogP contribution in [0.15, 0.2) is 40.7 Å². The van der Waals surface area contributed by atoms with E-state index in [1.807, 2.05) is 59.0 Å². The Labute approximate surface area is 183 Å². The zero-order valence-corrected chi connectivity index (χ0v) is 19.5. The van der Waals surface area contributed by atoms with Gasteiger partial charge in [0.25, 0.3) is 0 Å². The van der Waals surface area contributed by atoms with Crippen molar-refractivity contribution in [1.29, 1.82) is 0 Å². The lowest BCUT2D eigenvalue weighted by molar-refractivity contribution is -0.150. The van der Waals surface area contributed by atoms with E-state index in [1.165, 1.54) is 7.11 Å². The van der Waals surface area contributed by atoms with Crippen molar-refractivity contribution < 1.29 is 19.1 Å². The van der Waals surface area contributed by atoms with E-state index in [0.717, 1.165) is 16.8 Å². The van der Waals surface area contributed by atoms with Crippen LogP contribution in [0.1, 0.15) is 71.6 Å². The molecule has 0 spiro atoms. The van der Waals surface area contributed by atoms with Crippen LogP contribution in [0.3, 0.4) is 0 Å². The Morgan fingerprint density at radius 1 is 1.16 bits per heavy atom. The zero-order chi connectivity index (χ0) is 23.1. The fourth-order valence-electron chi connectivity index (χ4n) is 4.16. The van der Waals surface area contributed by atoms with E-state index < -0.39 is 29.4 Å². The van der Waals surface area contributed by atoms with Crippen molar-refractivity contribution in [2.45, 2.75) is 65.9 Å². The van der Waals surface area contributed by atoms with Crippen LogP contribution in [0, 0.1) is 5.92 Å². The van der Waals surface area contributed by atoms with Gasteiger partial charge in [0, 0.05) is 29.1 Å². The maximum atomic E-state index is 13.4. The molecular weight excluding hydrogens is 394 g/mol. The number of methoxy groups -OCH3 is 1. The van der Waals surface area contributed by atoms with Gasteiger partial charge in [0.1, 0.15) is 11.5 Å². The molecule has 1 aliphatic rings. The predicted molar refractivity (Wildman–Crippen MR) is 119 cm³/mol. The highest BCUT2D eigenvalue weighted by molar-refractivity contribution is 6.07. The number of hydrogen-bond donors (Lipinski definition) is 0. The highest BCUT2D eigenvalue weighted by Crippen LogP contribution is 2.44. The van der Waals surface area contributed by atoms with Crippen molar-refractivity contribution in [3.05, 3.63) is 46.9 Å². The van der Waals surface area contributed by atoms with Crippen LogP contribution >= 0.6 is 0 Å². The molecule has 3 rings (SSSR count). The Bertz CT molecular complexity index is 1090. The van der Waals surface area contributed by atoms with Crippen molar-refractivity contribution in [2.75, 3.05) is 7.11 Å². The van der Waals surface area contributed by atoms with E-state index in [9.17, 15) is 9.59 Å². The molecule has 7 heteroatoms. The second kappa shape index (κ2) is 8.29. The van der Waals surface area contributed by atoms with Crippen LogP contribution in [0.2, 0.25) is 0 Å². The van der Waals surface area contributed by atoms with Crippen molar-refractivity contribution in [3.63, 3.8) is 0 Å². The molecular formula is C24H31N3O4. The molecule has 0 amide bonds. The van der Waals surface area contributed by atoms with Crippen LogP contribution in [0.4, 0.5) is 0 Å². The maximum Gasteiger partial charge on any atom is 0.337 e. The van der Waals surface area contributed by atoms with E-state index >= 15 is 0 Å². The molecule has 1 aliphatic heterocycles. The number of ether oxygens (including phenoxy) is 2. The average Bonchev–Trinajstić information content (AvgIpc) is 3.05. The summed E-state index contributed by atoms with van der Waals surface area (Å²) in [6, 6.07) is 5.77. The third kappa shape index (κ3) is 4.27. The van der Waals surface area contributed by atoms with Gasteiger partial charge in [-0.3, -0.25) is 9.79 Å². The summed E-state index contributed by atoms with van der Waals surface area (Å²) in [7, 11) is 1.35. The fourth-order valence-corrected chi connectivity index (χ4v) is 4.16. The summed E-state index contributed by atoms with van der Waals surface area (Å²) in [6.07, 6.45) is 1.87. The molecule has 2 aromatic rings. The van der Waals surface area contributed by atoms with Gasteiger partial charge in [-0.05, 0) is 52.7 Å². The second-order valence-corrected chi connectivity index (χ2v) is 9.22.